The number of hydrogen-bond acceptors (Lipinski definition) is 8. The Labute approximate surface area is 336 Å². The fourth-order valence-corrected chi connectivity index (χ4v) is 9.66. The number of aromatic nitrogens is 1. The molecule has 2 amide bonds. The first-order valence-corrected chi connectivity index (χ1v) is 20.4. The Bertz CT molecular complexity index is 1940. The van der Waals surface area contributed by atoms with E-state index in [0.29, 0.717) is 43.4 Å². The van der Waals surface area contributed by atoms with Crippen LogP contribution in [0.25, 0.3) is 0 Å². The van der Waals surface area contributed by atoms with Crippen LogP contribution in [-0.4, -0.2) is 80.7 Å². The lowest BCUT2D eigenvalue weighted by Crippen LogP contribution is -2.68. The third kappa shape index (κ3) is 8.80. The maximum Gasteiger partial charge on any atom is 0.425 e. The third-order valence-electron chi connectivity index (χ3n) is 11.8. The number of aliphatic hydroxyl groups is 1. The molecule has 6 rings (SSSR count). The highest BCUT2D eigenvalue weighted by Gasteiger charge is 2.57. The van der Waals surface area contributed by atoms with Crippen molar-refractivity contribution in [1.29, 1.82) is 0 Å². The van der Waals surface area contributed by atoms with Crippen molar-refractivity contribution in [3.05, 3.63) is 76.4 Å². The van der Waals surface area contributed by atoms with Gasteiger partial charge in [0.2, 0.25) is 5.60 Å². The van der Waals surface area contributed by atoms with E-state index >= 15 is 0 Å². The van der Waals surface area contributed by atoms with Gasteiger partial charge in [0.15, 0.2) is 5.06 Å². The molecule has 2 atom stereocenters. The maximum atomic E-state index is 15.0. The van der Waals surface area contributed by atoms with E-state index in [-0.39, 0.29) is 74.7 Å². The molecule has 3 fully saturated rings. The molecule has 0 unspecified atom stereocenters. The summed E-state index contributed by atoms with van der Waals surface area (Å²) in [5, 5.41) is 21.6. The number of para-hydroxylation sites is 1. The lowest BCUT2D eigenvalue weighted by molar-refractivity contribution is -0.163. The normalized spacial score (nSPS) is 22.1. The van der Waals surface area contributed by atoms with Gasteiger partial charge >= 0.3 is 18.3 Å². The summed E-state index contributed by atoms with van der Waals surface area (Å²) in [5.74, 6) is -2.13. The number of hydrogen-bond donors (Lipinski definition) is 2. The number of ether oxygens (including phenoxy) is 2. The SMILES string of the molecule is CCC[C@H]1N(C(=O)c2ncccc2C(F)(F)F)CCC[C@@]1(Oc1ccc(C(F)(F)F)s1)C(=O)N1CCC(O)(c2ccccc2OCCCC2(C(=O)O)CCCC2)CC1. The van der Waals surface area contributed by atoms with E-state index in [4.69, 9.17) is 9.47 Å². The summed E-state index contributed by atoms with van der Waals surface area (Å²) in [6.07, 6.45) is -4.13. The summed E-state index contributed by atoms with van der Waals surface area (Å²) in [6.45, 7) is 1.86. The molecule has 17 heteroatoms. The van der Waals surface area contributed by atoms with E-state index in [0.717, 1.165) is 48.2 Å². The van der Waals surface area contributed by atoms with E-state index in [1.807, 2.05) is 0 Å². The number of amides is 2. The predicted molar refractivity (Wildman–Crippen MR) is 200 cm³/mol. The van der Waals surface area contributed by atoms with Gasteiger partial charge in [0, 0.05) is 37.8 Å². The number of likely N-dealkylation sites (tertiary alicyclic amines) is 2. The number of carboxylic acids is 1. The molecular weight excluding hydrogens is 793 g/mol. The number of piperidine rings is 2. The van der Waals surface area contributed by atoms with Gasteiger partial charge in [0.05, 0.1) is 29.2 Å². The zero-order chi connectivity index (χ0) is 41.9. The molecule has 316 valence electrons. The molecule has 0 radical (unpaired) electrons. The van der Waals surface area contributed by atoms with Crippen LogP contribution in [0.1, 0.15) is 110 Å². The van der Waals surface area contributed by atoms with E-state index in [1.165, 1.54) is 4.90 Å². The fraction of sp³-hybridized carbons (Fsp3) is 0.561. The lowest BCUT2D eigenvalue weighted by atomic mass is 9.78. The van der Waals surface area contributed by atoms with E-state index in [1.54, 1.807) is 31.2 Å². The Morgan fingerprint density at radius 1 is 0.897 bits per heavy atom. The number of carbonyl (C=O) groups is 3. The molecule has 0 spiro atoms. The van der Waals surface area contributed by atoms with Crippen molar-refractivity contribution in [2.24, 2.45) is 5.41 Å². The van der Waals surface area contributed by atoms with E-state index < -0.39 is 68.9 Å². The molecule has 2 N–H and O–H groups in total. The molecule has 2 saturated heterocycles. The zero-order valence-electron chi connectivity index (χ0n) is 32.0. The van der Waals surface area contributed by atoms with Crippen LogP contribution in [0.5, 0.6) is 10.8 Å². The molecule has 1 aliphatic carbocycles. The largest absolute Gasteiger partial charge is 0.493 e. The molecule has 2 aliphatic heterocycles. The van der Waals surface area contributed by atoms with Crippen LogP contribution in [0, 0.1) is 5.41 Å². The van der Waals surface area contributed by atoms with Gasteiger partial charge in [-0.05, 0) is 81.7 Å². The molecule has 1 saturated carbocycles. The Kier molecular flexibility index (Phi) is 12.7. The van der Waals surface area contributed by atoms with Crippen LogP contribution in [0.4, 0.5) is 26.3 Å². The van der Waals surface area contributed by atoms with E-state index in [9.17, 15) is 50.9 Å². The summed E-state index contributed by atoms with van der Waals surface area (Å²) in [4.78, 5) is 46.4. The monoisotopic (exact) mass is 839 g/mol. The van der Waals surface area contributed by atoms with Crippen LogP contribution >= 0.6 is 11.3 Å². The Hall–Kier alpha value is -4.38. The second-order valence-corrected chi connectivity index (χ2v) is 16.5. The number of thiophene rings is 1. The van der Waals surface area contributed by atoms with Crippen LogP contribution in [0.2, 0.25) is 0 Å². The first-order chi connectivity index (χ1) is 27.4. The average molecular weight is 840 g/mol. The van der Waals surface area contributed by atoms with Gasteiger partial charge in [-0.15, -0.1) is 0 Å². The van der Waals surface area contributed by atoms with Gasteiger partial charge in [-0.3, -0.25) is 19.4 Å². The van der Waals surface area contributed by atoms with Crippen LogP contribution < -0.4 is 9.47 Å². The summed E-state index contributed by atoms with van der Waals surface area (Å²) in [7, 11) is 0. The van der Waals surface area contributed by atoms with Crippen molar-refractivity contribution in [3.8, 4) is 10.8 Å². The summed E-state index contributed by atoms with van der Waals surface area (Å²) < 4.78 is 95.9. The summed E-state index contributed by atoms with van der Waals surface area (Å²) in [6, 6.07) is 9.43. The number of pyridine rings is 1. The highest BCUT2D eigenvalue weighted by Crippen LogP contribution is 2.46. The van der Waals surface area contributed by atoms with Gasteiger partial charge in [0.25, 0.3) is 11.8 Å². The minimum absolute atomic E-state index is 0.0263. The molecule has 0 bridgehead atoms. The highest BCUT2D eigenvalue weighted by atomic mass is 32.1. The van der Waals surface area contributed by atoms with Crippen molar-refractivity contribution in [1.82, 2.24) is 14.8 Å². The number of aliphatic carboxylic acids is 1. The number of rotatable bonds is 13. The standard InChI is InChI=1S/C41H47F6N3O7S/c1-2-10-30-39(57-32-15-14-31(58-32)41(45,46)47,19-8-23-50(30)34(51)33-28(40(42,43)44)12-7-22-48-33)35(52)49-24-20-38(55,21-25-49)27-11-3-4-13-29(27)56-26-9-18-37(36(53)54)16-5-6-17-37/h3-4,7,11-15,22,30,55H,2,5-6,8-10,16-21,23-26H2,1H3,(H,53,54)/t30-,39+/m1/s1. The molecule has 10 nitrogen and oxygen atoms in total. The molecule has 3 aromatic rings. The molecular formula is C41H47F6N3O7S. The van der Waals surface area contributed by atoms with Gasteiger partial charge in [0.1, 0.15) is 16.3 Å². The molecule has 3 aliphatic rings. The van der Waals surface area contributed by atoms with Crippen molar-refractivity contribution in [2.75, 3.05) is 26.2 Å². The molecule has 58 heavy (non-hydrogen) atoms. The Balaban J connectivity index is 1.26. The number of nitrogens with zero attached hydrogens (tertiary/aromatic N) is 3. The number of carboxylic acid groups (broad SMARTS) is 1. The lowest BCUT2D eigenvalue weighted by Gasteiger charge is -2.51. The topological polar surface area (TPSA) is 130 Å². The van der Waals surface area contributed by atoms with E-state index in [2.05, 4.69) is 4.98 Å². The van der Waals surface area contributed by atoms with Crippen LogP contribution in [-0.2, 0) is 27.5 Å². The first-order valence-electron chi connectivity index (χ1n) is 19.6. The minimum atomic E-state index is -4.92. The quantitative estimate of drug-likeness (QED) is 0.129. The Morgan fingerprint density at radius 3 is 2.24 bits per heavy atom. The predicted octanol–water partition coefficient (Wildman–Crippen LogP) is 8.72. The second kappa shape index (κ2) is 17.1. The van der Waals surface area contributed by atoms with Crippen LogP contribution in [0.3, 0.4) is 0 Å². The number of benzene rings is 1. The number of halogens is 6. The van der Waals surface area contributed by atoms with Crippen molar-refractivity contribution in [3.63, 3.8) is 0 Å². The summed E-state index contributed by atoms with van der Waals surface area (Å²) >= 11 is 0.277. The van der Waals surface area contributed by atoms with Crippen molar-refractivity contribution in [2.45, 2.75) is 114 Å². The molecule has 1 aromatic carbocycles. The molecule has 4 heterocycles. The Morgan fingerprint density at radius 2 is 1.60 bits per heavy atom. The smallest absolute Gasteiger partial charge is 0.425 e. The second-order valence-electron chi connectivity index (χ2n) is 15.5. The highest BCUT2D eigenvalue weighted by molar-refractivity contribution is 7.13. The van der Waals surface area contributed by atoms with Gasteiger partial charge < -0.3 is 29.5 Å². The zero-order valence-corrected chi connectivity index (χ0v) is 32.9. The number of carbonyl (C=O) groups excluding carboxylic acids is 2. The van der Waals surface area contributed by atoms with Crippen LogP contribution in [0.15, 0.2) is 54.7 Å². The fourth-order valence-electron chi connectivity index (χ4n) is 8.86. The maximum absolute atomic E-state index is 15.0. The minimum Gasteiger partial charge on any atom is -0.493 e. The molecule has 2 aromatic heterocycles. The van der Waals surface area contributed by atoms with Crippen molar-refractivity contribution >= 4 is 29.1 Å². The third-order valence-corrected chi connectivity index (χ3v) is 12.9. The van der Waals surface area contributed by atoms with Gasteiger partial charge in [-0.1, -0.05) is 55.7 Å². The van der Waals surface area contributed by atoms with Gasteiger partial charge in [-0.25, -0.2) is 0 Å². The van der Waals surface area contributed by atoms with Gasteiger partial charge in [-0.2, -0.15) is 26.3 Å². The van der Waals surface area contributed by atoms with Crippen molar-refractivity contribution < 1.29 is 60.4 Å². The first kappa shape index (κ1) is 43.2. The number of alkyl halides is 6. The summed E-state index contributed by atoms with van der Waals surface area (Å²) in [5.41, 5.74) is -5.85. The average Bonchev–Trinajstić information content (AvgIpc) is 3.88.